The number of carbonyl (C=O) groups is 1. The summed E-state index contributed by atoms with van der Waals surface area (Å²) >= 11 is 0. The van der Waals surface area contributed by atoms with Gasteiger partial charge < -0.3 is 10.4 Å². The summed E-state index contributed by atoms with van der Waals surface area (Å²) in [6.07, 6.45) is 8.38. The number of nitrogens with one attached hydrogen (secondary N) is 1. The van der Waals surface area contributed by atoms with E-state index >= 15 is 0 Å². The first-order valence-corrected chi connectivity index (χ1v) is 5.72. The minimum atomic E-state index is -0.763. The van der Waals surface area contributed by atoms with E-state index in [2.05, 4.69) is 17.5 Å². The highest BCUT2D eigenvalue weighted by molar-refractivity contribution is 5.78. The second kappa shape index (κ2) is 5.31. The van der Waals surface area contributed by atoms with E-state index in [1.807, 2.05) is 6.92 Å². The number of hydrogen-bond donors (Lipinski definition) is 2. The van der Waals surface area contributed by atoms with E-state index in [0.29, 0.717) is 12.3 Å². The molecule has 1 aliphatic carbocycles. The Hall–Kier alpha value is -0.830. The van der Waals surface area contributed by atoms with Crippen LogP contribution in [0.1, 0.15) is 39.5 Å². The van der Waals surface area contributed by atoms with Crippen molar-refractivity contribution in [3.05, 3.63) is 12.2 Å². The van der Waals surface area contributed by atoms with E-state index in [-0.39, 0.29) is 0 Å². The van der Waals surface area contributed by atoms with Gasteiger partial charge in [-0.3, -0.25) is 4.79 Å². The molecule has 2 atom stereocenters. The Morgan fingerprint density at radius 1 is 1.60 bits per heavy atom. The molecule has 0 aromatic carbocycles. The molecule has 3 heteroatoms. The van der Waals surface area contributed by atoms with E-state index in [9.17, 15) is 4.79 Å². The molecule has 0 fully saturated rings. The first-order chi connectivity index (χ1) is 7.08. The van der Waals surface area contributed by atoms with E-state index in [4.69, 9.17) is 5.11 Å². The predicted molar refractivity (Wildman–Crippen MR) is 60.8 cm³/mol. The summed E-state index contributed by atoms with van der Waals surface area (Å²) < 4.78 is 0. The van der Waals surface area contributed by atoms with Crippen molar-refractivity contribution in [1.82, 2.24) is 5.32 Å². The second-order valence-electron chi connectivity index (χ2n) is 4.52. The Labute approximate surface area is 91.6 Å². The lowest BCUT2D eigenvalue weighted by molar-refractivity contribution is -0.144. The summed E-state index contributed by atoms with van der Waals surface area (Å²) in [5, 5.41) is 12.3. The molecule has 3 nitrogen and oxygen atoms in total. The lowest BCUT2D eigenvalue weighted by atomic mass is 9.92. The maximum atomic E-state index is 11.0. The lowest BCUT2D eigenvalue weighted by Gasteiger charge is -2.28. The van der Waals surface area contributed by atoms with Gasteiger partial charge in [0.05, 0.1) is 0 Å². The van der Waals surface area contributed by atoms with Gasteiger partial charge in [-0.15, -0.1) is 0 Å². The normalized spacial score (nSPS) is 24.8. The highest BCUT2D eigenvalue weighted by Crippen LogP contribution is 2.19. The van der Waals surface area contributed by atoms with Gasteiger partial charge in [0.1, 0.15) is 5.54 Å². The number of hydrogen-bond acceptors (Lipinski definition) is 2. The van der Waals surface area contributed by atoms with Crippen LogP contribution in [0.25, 0.3) is 0 Å². The monoisotopic (exact) mass is 211 g/mol. The van der Waals surface area contributed by atoms with Crippen LogP contribution >= 0.6 is 0 Å². The predicted octanol–water partition coefficient (Wildman–Crippen LogP) is 2.19. The molecule has 86 valence electrons. The van der Waals surface area contributed by atoms with E-state index in [1.165, 1.54) is 6.42 Å². The first-order valence-electron chi connectivity index (χ1n) is 5.72. The van der Waals surface area contributed by atoms with Gasteiger partial charge in [-0.2, -0.15) is 0 Å². The largest absolute Gasteiger partial charge is 0.480 e. The molecule has 2 unspecified atom stereocenters. The topological polar surface area (TPSA) is 49.3 Å². The molecule has 0 heterocycles. The molecular formula is C12H21NO2. The average Bonchev–Trinajstić information content (AvgIpc) is 2.27. The summed E-state index contributed by atoms with van der Waals surface area (Å²) in [6.45, 7) is 4.47. The van der Waals surface area contributed by atoms with Crippen molar-refractivity contribution >= 4 is 5.97 Å². The zero-order valence-corrected chi connectivity index (χ0v) is 9.62. The summed E-state index contributed by atoms with van der Waals surface area (Å²) in [7, 11) is 0. The van der Waals surface area contributed by atoms with Gasteiger partial charge in [0.15, 0.2) is 0 Å². The molecule has 0 saturated heterocycles. The van der Waals surface area contributed by atoms with Gasteiger partial charge in [-0.25, -0.2) is 0 Å². The smallest absolute Gasteiger partial charge is 0.323 e. The molecule has 15 heavy (non-hydrogen) atoms. The Bertz CT molecular complexity index is 250. The highest BCUT2D eigenvalue weighted by atomic mass is 16.4. The van der Waals surface area contributed by atoms with Crippen LogP contribution in [0.3, 0.4) is 0 Å². The van der Waals surface area contributed by atoms with Crippen molar-refractivity contribution in [2.75, 3.05) is 6.54 Å². The van der Waals surface area contributed by atoms with Crippen molar-refractivity contribution in [3.63, 3.8) is 0 Å². The van der Waals surface area contributed by atoms with Crippen LogP contribution in [0.4, 0.5) is 0 Å². The minimum absolute atomic E-state index is 0.597. The zero-order valence-electron chi connectivity index (χ0n) is 9.62. The molecule has 0 spiro atoms. The maximum Gasteiger partial charge on any atom is 0.323 e. The summed E-state index contributed by atoms with van der Waals surface area (Å²) in [6, 6.07) is 0. The summed E-state index contributed by atoms with van der Waals surface area (Å²) in [5.74, 6) is -0.156. The molecule has 0 aromatic heterocycles. The fourth-order valence-corrected chi connectivity index (χ4v) is 1.76. The fraction of sp³-hybridized carbons (Fsp3) is 0.750. The molecule has 0 amide bonds. The zero-order chi connectivity index (χ0) is 11.3. The van der Waals surface area contributed by atoms with E-state index < -0.39 is 11.5 Å². The molecule has 0 aliphatic heterocycles. The molecule has 0 aromatic rings. The fourth-order valence-electron chi connectivity index (χ4n) is 1.76. The summed E-state index contributed by atoms with van der Waals surface area (Å²) in [5.41, 5.74) is -0.763. The SMILES string of the molecule is CCC(C)(NCC1CC=CCC1)C(=O)O. The molecule has 1 aliphatic rings. The number of carboxylic acid groups (broad SMARTS) is 1. The standard InChI is InChI=1S/C12H21NO2/c1-3-12(2,11(14)15)13-9-10-7-5-4-6-8-10/h4-5,10,13H,3,6-9H2,1-2H3,(H,14,15). The van der Waals surface area contributed by atoms with Gasteiger partial charge >= 0.3 is 5.97 Å². The van der Waals surface area contributed by atoms with Crippen LogP contribution in [-0.2, 0) is 4.79 Å². The number of allylic oxidation sites excluding steroid dienone is 2. The molecule has 2 N–H and O–H groups in total. The van der Waals surface area contributed by atoms with E-state index in [0.717, 1.165) is 19.4 Å². The number of rotatable bonds is 5. The molecule has 0 saturated carbocycles. The van der Waals surface area contributed by atoms with Gasteiger partial charge in [0.2, 0.25) is 0 Å². The second-order valence-corrected chi connectivity index (χ2v) is 4.52. The quantitative estimate of drug-likeness (QED) is 0.685. The van der Waals surface area contributed by atoms with E-state index in [1.54, 1.807) is 6.92 Å². The Morgan fingerprint density at radius 2 is 2.33 bits per heavy atom. The van der Waals surface area contributed by atoms with Gasteiger partial charge in [0, 0.05) is 0 Å². The average molecular weight is 211 g/mol. The third-order valence-corrected chi connectivity index (χ3v) is 3.34. The van der Waals surface area contributed by atoms with Crippen molar-refractivity contribution < 1.29 is 9.90 Å². The number of aliphatic carboxylic acids is 1. The van der Waals surface area contributed by atoms with Crippen molar-refractivity contribution in [1.29, 1.82) is 0 Å². The third-order valence-electron chi connectivity index (χ3n) is 3.34. The van der Waals surface area contributed by atoms with Gasteiger partial charge in [-0.05, 0) is 45.1 Å². The van der Waals surface area contributed by atoms with Crippen molar-refractivity contribution in [3.8, 4) is 0 Å². The van der Waals surface area contributed by atoms with Crippen LogP contribution in [0.5, 0.6) is 0 Å². The maximum absolute atomic E-state index is 11.0. The summed E-state index contributed by atoms with van der Waals surface area (Å²) in [4.78, 5) is 11.0. The van der Waals surface area contributed by atoms with Crippen LogP contribution in [-0.4, -0.2) is 23.2 Å². The molecule has 0 radical (unpaired) electrons. The molecule has 0 bridgehead atoms. The highest BCUT2D eigenvalue weighted by Gasteiger charge is 2.30. The Balaban J connectivity index is 2.40. The third kappa shape index (κ3) is 3.34. The molecular weight excluding hydrogens is 190 g/mol. The van der Waals surface area contributed by atoms with Crippen molar-refractivity contribution in [2.45, 2.75) is 45.1 Å². The van der Waals surface area contributed by atoms with Crippen molar-refractivity contribution in [2.24, 2.45) is 5.92 Å². The Morgan fingerprint density at radius 3 is 2.80 bits per heavy atom. The lowest BCUT2D eigenvalue weighted by Crippen LogP contribution is -2.50. The minimum Gasteiger partial charge on any atom is -0.480 e. The first kappa shape index (κ1) is 12.2. The Kier molecular flexibility index (Phi) is 4.33. The van der Waals surface area contributed by atoms with Gasteiger partial charge in [-0.1, -0.05) is 19.1 Å². The van der Waals surface area contributed by atoms with Gasteiger partial charge in [0.25, 0.3) is 0 Å². The van der Waals surface area contributed by atoms with Crippen LogP contribution < -0.4 is 5.32 Å². The molecule has 1 rings (SSSR count). The van der Waals surface area contributed by atoms with Crippen LogP contribution in [0.15, 0.2) is 12.2 Å². The van der Waals surface area contributed by atoms with Crippen LogP contribution in [0, 0.1) is 5.92 Å². The number of carboxylic acids is 1. The van der Waals surface area contributed by atoms with Crippen LogP contribution in [0.2, 0.25) is 0 Å².